The minimum atomic E-state index is -3.54. The van der Waals surface area contributed by atoms with E-state index < -0.39 is 10.0 Å². The van der Waals surface area contributed by atoms with Crippen LogP contribution in [-0.2, 0) is 21.2 Å². The number of carbonyl (C=O) groups excluding carboxylic acids is 1. The third-order valence-corrected chi connectivity index (χ3v) is 5.13. The van der Waals surface area contributed by atoms with Gasteiger partial charge in [-0.15, -0.1) is 0 Å². The number of nitrogens with one attached hydrogen (secondary N) is 1. The van der Waals surface area contributed by atoms with Crippen LogP contribution in [0.25, 0.3) is 0 Å². The summed E-state index contributed by atoms with van der Waals surface area (Å²) in [6, 6.07) is 12.7. The Hall–Kier alpha value is -2.61. The molecule has 0 fully saturated rings. The van der Waals surface area contributed by atoms with E-state index in [1.54, 1.807) is 36.4 Å². The molecular formula is C19H23FN2O4S. The van der Waals surface area contributed by atoms with Crippen molar-refractivity contribution in [2.24, 2.45) is 0 Å². The van der Waals surface area contributed by atoms with Crippen molar-refractivity contribution >= 4 is 21.6 Å². The molecule has 27 heavy (non-hydrogen) atoms. The molecule has 0 spiro atoms. The molecule has 8 heteroatoms. The van der Waals surface area contributed by atoms with Gasteiger partial charge in [-0.25, -0.2) is 12.8 Å². The largest absolute Gasteiger partial charge is 0.497 e. The predicted octanol–water partition coefficient (Wildman–Crippen LogP) is 2.35. The van der Waals surface area contributed by atoms with Crippen LogP contribution in [0.15, 0.2) is 48.5 Å². The third kappa shape index (κ3) is 6.56. The third-order valence-electron chi connectivity index (χ3n) is 3.93. The lowest BCUT2D eigenvalue weighted by Crippen LogP contribution is -2.35. The lowest BCUT2D eigenvalue weighted by molar-refractivity contribution is -0.120. The van der Waals surface area contributed by atoms with Crippen LogP contribution in [0.2, 0.25) is 0 Å². The highest BCUT2D eigenvalue weighted by atomic mass is 32.2. The molecule has 1 N–H and O–H groups in total. The first-order chi connectivity index (χ1) is 12.8. The maximum absolute atomic E-state index is 12.9. The molecule has 146 valence electrons. The van der Waals surface area contributed by atoms with E-state index in [-0.39, 0.29) is 24.7 Å². The van der Waals surface area contributed by atoms with Crippen LogP contribution in [0.5, 0.6) is 5.75 Å². The van der Waals surface area contributed by atoms with Crippen LogP contribution in [0.3, 0.4) is 0 Å². The van der Waals surface area contributed by atoms with Gasteiger partial charge in [0.05, 0.1) is 19.1 Å². The Bertz CT molecular complexity index is 870. The first kappa shape index (κ1) is 20.7. The average Bonchev–Trinajstić information content (AvgIpc) is 2.62. The summed E-state index contributed by atoms with van der Waals surface area (Å²) in [4.78, 5) is 12.1. The maximum atomic E-state index is 12.9. The summed E-state index contributed by atoms with van der Waals surface area (Å²) in [6.07, 6.45) is 1.68. The van der Waals surface area contributed by atoms with Gasteiger partial charge < -0.3 is 10.1 Å². The highest BCUT2D eigenvalue weighted by molar-refractivity contribution is 7.92. The van der Waals surface area contributed by atoms with Crippen LogP contribution in [0, 0.1) is 5.82 Å². The van der Waals surface area contributed by atoms with E-state index in [9.17, 15) is 17.6 Å². The molecular weight excluding hydrogens is 371 g/mol. The average molecular weight is 394 g/mol. The van der Waals surface area contributed by atoms with E-state index in [0.29, 0.717) is 24.4 Å². The van der Waals surface area contributed by atoms with E-state index in [2.05, 4.69) is 5.32 Å². The number of anilines is 1. The van der Waals surface area contributed by atoms with Gasteiger partial charge in [-0.05, 0) is 36.2 Å². The van der Waals surface area contributed by atoms with Crippen molar-refractivity contribution in [3.05, 3.63) is 59.9 Å². The van der Waals surface area contributed by atoms with E-state index in [4.69, 9.17) is 4.74 Å². The zero-order chi connectivity index (χ0) is 19.9. The number of benzene rings is 2. The van der Waals surface area contributed by atoms with E-state index in [1.165, 1.54) is 23.5 Å². The highest BCUT2D eigenvalue weighted by Crippen LogP contribution is 2.23. The van der Waals surface area contributed by atoms with Gasteiger partial charge in [0, 0.05) is 25.6 Å². The van der Waals surface area contributed by atoms with Gasteiger partial charge in [0.1, 0.15) is 11.6 Å². The molecule has 2 rings (SSSR count). The molecule has 0 bridgehead atoms. The van der Waals surface area contributed by atoms with Gasteiger partial charge in [-0.3, -0.25) is 9.10 Å². The molecule has 0 aliphatic heterocycles. The number of halogens is 1. The van der Waals surface area contributed by atoms with Gasteiger partial charge >= 0.3 is 0 Å². The summed E-state index contributed by atoms with van der Waals surface area (Å²) in [5.74, 6) is -0.0280. The van der Waals surface area contributed by atoms with Crippen molar-refractivity contribution < 1.29 is 22.3 Å². The predicted molar refractivity (Wildman–Crippen MR) is 103 cm³/mol. The molecule has 0 aliphatic carbocycles. The lowest BCUT2D eigenvalue weighted by atomic mass is 10.1. The number of ether oxygens (including phenoxy) is 1. The van der Waals surface area contributed by atoms with Gasteiger partial charge in [-0.1, -0.05) is 18.2 Å². The molecule has 0 atom stereocenters. The summed E-state index contributed by atoms with van der Waals surface area (Å²) >= 11 is 0. The number of hydrogen-bond donors (Lipinski definition) is 1. The quantitative estimate of drug-likeness (QED) is 0.708. The van der Waals surface area contributed by atoms with Crippen molar-refractivity contribution in [3.8, 4) is 5.75 Å². The standard InChI is InChI=1S/C19H23FN2O4S/c1-26-18-5-3-4-17(14-18)22(27(2,24)25)13-11-19(23)21-12-10-15-6-8-16(20)9-7-15/h3-9,14H,10-13H2,1-2H3,(H,21,23). The number of hydrogen-bond acceptors (Lipinski definition) is 4. The minimum absolute atomic E-state index is 0.0215. The molecule has 0 unspecified atom stereocenters. The SMILES string of the molecule is COc1cccc(N(CCC(=O)NCCc2ccc(F)cc2)S(C)(=O)=O)c1. The zero-order valence-electron chi connectivity index (χ0n) is 15.3. The molecule has 1 amide bonds. The lowest BCUT2D eigenvalue weighted by Gasteiger charge is -2.22. The van der Waals surface area contributed by atoms with Crippen molar-refractivity contribution in [1.29, 1.82) is 0 Å². The van der Waals surface area contributed by atoms with E-state index >= 15 is 0 Å². The van der Waals surface area contributed by atoms with Crippen LogP contribution < -0.4 is 14.4 Å². The van der Waals surface area contributed by atoms with E-state index in [0.717, 1.165) is 11.8 Å². The monoisotopic (exact) mass is 394 g/mol. The van der Waals surface area contributed by atoms with Gasteiger partial charge in [0.15, 0.2) is 0 Å². The Labute approximate surface area is 159 Å². The Morgan fingerprint density at radius 1 is 1.19 bits per heavy atom. The fraction of sp³-hybridized carbons (Fsp3) is 0.316. The summed E-state index contributed by atoms with van der Waals surface area (Å²) < 4.78 is 43.3. The molecule has 6 nitrogen and oxygen atoms in total. The number of amides is 1. The first-order valence-corrected chi connectivity index (χ1v) is 10.3. The van der Waals surface area contributed by atoms with Gasteiger partial charge in [0.2, 0.25) is 15.9 Å². The van der Waals surface area contributed by atoms with Crippen LogP contribution in [0.1, 0.15) is 12.0 Å². The molecule has 0 aliphatic rings. The second-order valence-electron chi connectivity index (χ2n) is 6.01. The van der Waals surface area contributed by atoms with Crippen molar-refractivity contribution in [1.82, 2.24) is 5.32 Å². The Kier molecular flexibility index (Phi) is 7.18. The molecule has 0 aromatic heterocycles. The Morgan fingerprint density at radius 2 is 1.89 bits per heavy atom. The first-order valence-electron chi connectivity index (χ1n) is 8.42. The maximum Gasteiger partial charge on any atom is 0.232 e. The zero-order valence-corrected chi connectivity index (χ0v) is 16.1. The van der Waals surface area contributed by atoms with Crippen LogP contribution in [0.4, 0.5) is 10.1 Å². The smallest absolute Gasteiger partial charge is 0.232 e. The van der Waals surface area contributed by atoms with E-state index in [1.807, 2.05) is 0 Å². The van der Waals surface area contributed by atoms with Crippen molar-refractivity contribution in [3.63, 3.8) is 0 Å². The number of nitrogens with zero attached hydrogens (tertiary/aromatic N) is 1. The minimum Gasteiger partial charge on any atom is -0.497 e. The van der Waals surface area contributed by atoms with Crippen LogP contribution >= 0.6 is 0 Å². The fourth-order valence-electron chi connectivity index (χ4n) is 2.54. The summed E-state index contributed by atoms with van der Waals surface area (Å²) in [6.45, 7) is 0.414. The number of carbonyl (C=O) groups is 1. The van der Waals surface area contributed by atoms with Gasteiger partial charge in [0.25, 0.3) is 0 Å². The number of sulfonamides is 1. The molecule has 2 aromatic rings. The summed E-state index contributed by atoms with van der Waals surface area (Å²) in [7, 11) is -2.05. The molecule has 0 radical (unpaired) electrons. The molecule has 0 saturated heterocycles. The Balaban J connectivity index is 1.90. The number of rotatable bonds is 9. The topological polar surface area (TPSA) is 75.7 Å². The van der Waals surface area contributed by atoms with Crippen molar-refractivity contribution in [2.45, 2.75) is 12.8 Å². The molecule has 0 saturated carbocycles. The Morgan fingerprint density at radius 3 is 2.52 bits per heavy atom. The number of methoxy groups -OCH3 is 1. The van der Waals surface area contributed by atoms with Crippen molar-refractivity contribution in [2.75, 3.05) is 30.8 Å². The fourth-order valence-corrected chi connectivity index (χ4v) is 3.46. The second kappa shape index (κ2) is 9.36. The van der Waals surface area contributed by atoms with Gasteiger partial charge in [-0.2, -0.15) is 0 Å². The summed E-state index contributed by atoms with van der Waals surface area (Å²) in [5.41, 5.74) is 1.35. The molecule has 0 heterocycles. The second-order valence-corrected chi connectivity index (χ2v) is 7.92. The normalized spacial score (nSPS) is 11.1. The molecule has 2 aromatic carbocycles. The van der Waals surface area contributed by atoms with Crippen LogP contribution in [-0.4, -0.2) is 40.8 Å². The highest BCUT2D eigenvalue weighted by Gasteiger charge is 2.19. The summed E-state index contributed by atoms with van der Waals surface area (Å²) in [5, 5.41) is 2.75.